The molecule has 0 bridgehead atoms. The van der Waals surface area contributed by atoms with E-state index in [9.17, 15) is 22.4 Å². The van der Waals surface area contributed by atoms with Crippen LogP contribution in [0, 0.1) is 23.1 Å². The number of primary amides is 1. The SMILES string of the molecule is N#Cc1cc(-c2nn(CC3CCCCC3)c(C(N)=O)c2C(F)(F)F)ccc1F. The first kappa shape index (κ1) is 19.9. The molecule has 0 unspecified atom stereocenters. The lowest BCUT2D eigenvalue weighted by Gasteiger charge is -2.22. The van der Waals surface area contributed by atoms with Crippen molar-refractivity contribution in [2.24, 2.45) is 11.7 Å². The lowest BCUT2D eigenvalue weighted by Crippen LogP contribution is -2.25. The summed E-state index contributed by atoms with van der Waals surface area (Å²) in [5.41, 5.74) is 2.26. The average Bonchev–Trinajstić information content (AvgIpc) is 3.03. The van der Waals surface area contributed by atoms with Crippen LogP contribution in [-0.4, -0.2) is 15.7 Å². The van der Waals surface area contributed by atoms with Crippen molar-refractivity contribution in [3.63, 3.8) is 0 Å². The first-order valence-corrected chi connectivity index (χ1v) is 8.90. The monoisotopic (exact) mass is 394 g/mol. The van der Waals surface area contributed by atoms with Crippen molar-refractivity contribution in [2.75, 3.05) is 0 Å². The van der Waals surface area contributed by atoms with Crippen molar-refractivity contribution < 1.29 is 22.4 Å². The van der Waals surface area contributed by atoms with E-state index in [0.717, 1.165) is 55.0 Å². The third kappa shape index (κ3) is 3.86. The van der Waals surface area contributed by atoms with Gasteiger partial charge in [-0.05, 0) is 37.0 Å². The number of halogens is 4. The number of nitriles is 1. The van der Waals surface area contributed by atoms with Crippen LogP contribution in [0.4, 0.5) is 17.6 Å². The van der Waals surface area contributed by atoms with Gasteiger partial charge in [0.25, 0.3) is 5.91 Å². The number of alkyl halides is 3. The molecule has 1 aromatic carbocycles. The van der Waals surface area contributed by atoms with Crippen LogP contribution in [0.25, 0.3) is 11.3 Å². The molecule has 28 heavy (non-hydrogen) atoms. The van der Waals surface area contributed by atoms with E-state index in [1.165, 1.54) is 0 Å². The molecule has 2 aromatic rings. The highest BCUT2D eigenvalue weighted by atomic mass is 19.4. The summed E-state index contributed by atoms with van der Waals surface area (Å²) < 4.78 is 56.0. The molecule has 0 radical (unpaired) electrons. The second-order valence-corrected chi connectivity index (χ2v) is 6.93. The predicted octanol–water partition coefficient (Wildman–Crippen LogP) is 4.26. The van der Waals surface area contributed by atoms with Crippen molar-refractivity contribution in [1.82, 2.24) is 9.78 Å². The highest BCUT2D eigenvalue weighted by molar-refractivity contribution is 5.95. The van der Waals surface area contributed by atoms with Gasteiger partial charge in [0, 0.05) is 12.1 Å². The lowest BCUT2D eigenvalue weighted by molar-refractivity contribution is -0.137. The smallest absolute Gasteiger partial charge is 0.364 e. The summed E-state index contributed by atoms with van der Waals surface area (Å²) in [7, 11) is 0. The van der Waals surface area contributed by atoms with E-state index >= 15 is 0 Å². The zero-order chi connectivity index (χ0) is 20.5. The molecule has 1 heterocycles. The summed E-state index contributed by atoms with van der Waals surface area (Å²) in [5, 5.41) is 13.0. The Kier molecular flexibility index (Phi) is 5.40. The minimum atomic E-state index is -4.90. The van der Waals surface area contributed by atoms with Gasteiger partial charge in [0.2, 0.25) is 0 Å². The van der Waals surface area contributed by atoms with Crippen LogP contribution in [0.2, 0.25) is 0 Å². The molecule has 3 rings (SSSR count). The van der Waals surface area contributed by atoms with E-state index in [2.05, 4.69) is 5.10 Å². The highest BCUT2D eigenvalue weighted by Gasteiger charge is 2.42. The van der Waals surface area contributed by atoms with Crippen molar-refractivity contribution in [3.05, 3.63) is 40.8 Å². The zero-order valence-electron chi connectivity index (χ0n) is 14.9. The van der Waals surface area contributed by atoms with Crippen molar-refractivity contribution in [2.45, 2.75) is 44.8 Å². The Hall–Kier alpha value is -2.89. The maximum absolute atomic E-state index is 13.8. The van der Waals surface area contributed by atoms with Gasteiger partial charge in [-0.15, -0.1) is 0 Å². The van der Waals surface area contributed by atoms with E-state index in [4.69, 9.17) is 11.0 Å². The highest BCUT2D eigenvalue weighted by Crippen LogP contribution is 2.40. The summed E-state index contributed by atoms with van der Waals surface area (Å²) >= 11 is 0. The van der Waals surface area contributed by atoms with E-state index < -0.39 is 40.4 Å². The molecule has 0 aliphatic heterocycles. The fourth-order valence-corrected chi connectivity index (χ4v) is 3.69. The Morgan fingerprint density at radius 2 is 1.96 bits per heavy atom. The molecule has 9 heteroatoms. The van der Waals surface area contributed by atoms with Crippen LogP contribution in [0.5, 0.6) is 0 Å². The Balaban J connectivity index is 2.17. The molecule has 2 N–H and O–H groups in total. The molecule has 1 aliphatic rings. The quantitative estimate of drug-likeness (QED) is 0.787. The van der Waals surface area contributed by atoms with Crippen LogP contribution >= 0.6 is 0 Å². The minimum absolute atomic E-state index is 0.101. The number of nitrogens with zero attached hydrogens (tertiary/aromatic N) is 3. The van der Waals surface area contributed by atoms with Crippen molar-refractivity contribution in [1.29, 1.82) is 5.26 Å². The van der Waals surface area contributed by atoms with Gasteiger partial charge in [-0.2, -0.15) is 23.5 Å². The van der Waals surface area contributed by atoms with Crippen molar-refractivity contribution in [3.8, 4) is 17.3 Å². The maximum Gasteiger partial charge on any atom is 0.420 e. The van der Waals surface area contributed by atoms with E-state index in [1.807, 2.05) is 0 Å². The third-order valence-electron chi connectivity index (χ3n) is 4.99. The largest absolute Gasteiger partial charge is 0.420 e. The number of aromatic nitrogens is 2. The first-order chi connectivity index (χ1) is 13.2. The Morgan fingerprint density at radius 3 is 2.54 bits per heavy atom. The molecule has 1 aromatic heterocycles. The summed E-state index contributed by atoms with van der Waals surface area (Å²) in [4.78, 5) is 11.9. The summed E-state index contributed by atoms with van der Waals surface area (Å²) in [6.45, 7) is 0.146. The number of hydrogen-bond donors (Lipinski definition) is 1. The van der Waals surface area contributed by atoms with Gasteiger partial charge in [0.15, 0.2) is 0 Å². The number of hydrogen-bond acceptors (Lipinski definition) is 3. The third-order valence-corrected chi connectivity index (χ3v) is 4.99. The number of nitrogens with two attached hydrogens (primary N) is 1. The molecule has 0 saturated heterocycles. The van der Waals surface area contributed by atoms with Gasteiger partial charge in [-0.25, -0.2) is 4.39 Å². The minimum Gasteiger partial charge on any atom is -0.364 e. The molecule has 1 amide bonds. The van der Waals surface area contributed by atoms with Gasteiger partial charge >= 0.3 is 6.18 Å². The lowest BCUT2D eigenvalue weighted by atomic mass is 9.89. The van der Waals surface area contributed by atoms with Crippen LogP contribution in [-0.2, 0) is 12.7 Å². The number of rotatable bonds is 4. The molecule has 5 nitrogen and oxygen atoms in total. The Morgan fingerprint density at radius 1 is 1.29 bits per heavy atom. The first-order valence-electron chi connectivity index (χ1n) is 8.90. The average molecular weight is 394 g/mol. The molecule has 1 aliphatic carbocycles. The maximum atomic E-state index is 13.8. The molecular weight excluding hydrogens is 376 g/mol. The zero-order valence-corrected chi connectivity index (χ0v) is 14.9. The molecule has 0 atom stereocenters. The van der Waals surface area contributed by atoms with Gasteiger partial charge in [-0.3, -0.25) is 9.48 Å². The fraction of sp³-hybridized carbons (Fsp3) is 0.421. The van der Waals surface area contributed by atoms with Gasteiger partial charge in [-0.1, -0.05) is 19.3 Å². The van der Waals surface area contributed by atoms with Crippen molar-refractivity contribution >= 4 is 5.91 Å². The Bertz CT molecular complexity index is 937. The topological polar surface area (TPSA) is 84.7 Å². The summed E-state index contributed by atoms with van der Waals surface area (Å²) in [5.74, 6) is -1.98. The second kappa shape index (κ2) is 7.62. The number of benzene rings is 1. The van der Waals surface area contributed by atoms with Gasteiger partial charge in [0.1, 0.15) is 28.8 Å². The number of amides is 1. The van der Waals surface area contributed by atoms with Crippen LogP contribution in [0.3, 0.4) is 0 Å². The molecule has 0 spiro atoms. The summed E-state index contributed by atoms with van der Waals surface area (Å²) in [6.07, 6.45) is -0.204. The predicted molar refractivity (Wildman–Crippen MR) is 92.4 cm³/mol. The number of carbonyl (C=O) groups excluding carboxylic acids is 1. The molecular formula is C19H18F4N4O. The molecule has 1 saturated carbocycles. The van der Waals surface area contributed by atoms with E-state index in [0.29, 0.717) is 0 Å². The van der Waals surface area contributed by atoms with Crippen LogP contribution < -0.4 is 5.73 Å². The van der Waals surface area contributed by atoms with E-state index in [1.54, 1.807) is 6.07 Å². The van der Waals surface area contributed by atoms with Crippen LogP contribution in [0.1, 0.15) is 53.7 Å². The normalized spacial score (nSPS) is 15.4. The standard InChI is InChI=1S/C19H18F4N4O/c20-14-7-6-12(8-13(14)9-24)16-15(19(21,22)23)17(18(25)28)27(26-16)10-11-4-2-1-3-5-11/h6-8,11H,1-5,10H2,(H2,25,28). The number of carbonyl (C=O) groups is 1. The molecule has 1 fully saturated rings. The van der Waals surface area contributed by atoms with E-state index in [-0.39, 0.29) is 18.0 Å². The second-order valence-electron chi connectivity index (χ2n) is 6.93. The van der Waals surface area contributed by atoms with Gasteiger partial charge in [0.05, 0.1) is 5.56 Å². The summed E-state index contributed by atoms with van der Waals surface area (Å²) in [6, 6.07) is 4.58. The fourth-order valence-electron chi connectivity index (χ4n) is 3.69. The molecule has 148 valence electrons. The Labute approximate surface area is 158 Å². The van der Waals surface area contributed by atoms with Crippen LogP contribution in [0.15, 0.2) is 18.2 Å². The van der Waals surface area contributed by atoms with Gasteiger partial charge < -0.3 is 5.73 Å².